The zero-order valence-electron chi connectivity index (χ0n) is 11.2. The average Bonchev–Trinajstić information content (AvgIpc) is 2.45. The molecule has 110 valence electrons. The van der Waals surface area contributed by atoms with Crippen LogP contribution in [-0.4, -0.2) is 6.61 Å². The van der Waals surface area contributed by atoms with Crippen LogP contribution in [0.3, 0.4) is 0 Å². The van der Waals surface area contributed by atoms with E-state index < -0.39 is 5.82 Å². The molecule has 0 fully saturated rings. The molecule has 2 aromatic rings. The highest BCUT2D eigenvalue weighted by Gasteiger charge is 2.09. The molecule has 0 saturated carbocycles. The summed E-state index contributed by atoms with van der Waals surface area (Å²) < 4.78 is 18.7. The summed E-state index contributed by atoms with van der Waals surface area (Å²) in [6, 6.07) is 10.0. The Kier molecular flexibility index (Phi) is 5.48. The molecule has 0 spiro atoms. The molecule has 0 aliphatic heterocycles. The van der Waals surface area contributed by atoms with Crippen LogP contribution in [0.4, 0.5) is 10.1 Å². The van der Waals surface area contributed by atoms with Gasteiger partial charge >= 0.3 is 0 Å². The Hall–Kier alpha value is -1.71. The molecule has 21 heavy (non-hydrogen) atoms. The Labute approximate surface area is 133 Å². The zero-order chi connectivity index (χ0) is 15.2. The molecule has 0 unspecified atom stereocenters. The molecule has 0 saturated heterocycles. The molecule has 0 aliphatic carbocycles. The molecule has 0 heterocycles. The number of ether oxygens (including phenoxy) is 1. The lowest BCUT2D eigenvalue weighted by molar-refractivity contribution is 0.359. The van der Waals surface area contributed by atoms with Crippen molar-refractivity contribution in [3.8, 4) is 5.75 Å². The van der Waals surface area contributed by atoms with Gasteiger partial charge in [0.25, 0.3) is 0 Å². The van der Waals surface area contributed by atoms with E-state index in [9.17, 15) is 4.39 Å². The highest BCUT2D eigenvalue weighted by Crippen LogP contribution is 2.32. The smallest absolute Gasteiger partial charge is 0.126 e. The van der Waals surface area contributed by atoms with E-state index in [0.717, 1.165) is 11.3 Å². The van der Waals surface area contributed by atoms with E-state index in [1.165, 1.54) is 12.1 Å². The minimum atomic E-state index is -0.467. The topological polar surface area (TPSA) is 21.3 Å². The molecule has 2 aromatic carbocycles. The zero-order valence-corrected chi connectivity index (χ0v) is 12.7. The number of nitrogens with one attached hydrogen (secondary N) is 1. The third kappa shape index (κ3) is 4.13. The van der Waals surface area contributed by atoms with Crippen molar-refractivity contribution in [2.24, 2.45) is 0 Å². The Balaban J connectivity index is 2.15. The third-order valence-corrected chi connectivity index (χ3v) is 3.39. The van der Waals surface area contributed by atoms with Crippen LogP contribution >= 0.6 is 23.2 Å². The van der Waals surface area contributed by atoms with E-state index in [-0.39, 0.29) is 10.0 Å². The number of halogens is 3. The van der Waals surface area contributed by atoms with Gasteiger partial charge in [0, 0.05) is 12.1 Å². The van der Waals surface area contributed by atoms with E-state index in [4.69, 9.17) is 27.9 Å². The molecular formula is C16H14Cl2FNO. The van der Waals surface area contributed by atoms with E-state index >= 15 is 0 Å². The Morgan fingerprint density at radius 2 is 1.86 bits per heavy atom. The van der Waals surface area contributed by atoms with Crippen molar-refractivity contribution in [1.82, 2.24) is 0 Å². The Morgan fingerprint density at radius 1 is 1.19 bits per heavy atom. The lowest BCUT2D eigenvalue weighted by Gasteiger charge is -2.13. The predicted octanol–water partition coefficient (Wildman–Crippen LogP) is 5.31. The van der Waals surface area contributed by atoms with Crippen LogP contribution < -0.4 is 10.1 Å². The highest BCUT2D eigenvalue weighted by atomic mass is 35.5. The molecule has 2 nitrogen and oxygen atoms in total. The number of para-hydroxylation sites is 1. The van der Waals surface area contributed by atoms with Crippen molar-refractivity contribution in [2.75, 3.05) is 11.9 Å². The minimum absolute atomic E-state index is 0.240. The van der Waals surface area contributed by atoms with Gasteiger partial charge in [0.05, 0.1) is 15.7 Å². The molecular weight excluding hydrogens is 312 g/mol. The Bertz CT molecular complexity index is 623. The van der Waals surface area contributed by atoms with Crippen molar-refractivity contribution in [3.63, 3.8) is 0 Å². The van der Waals surface area contributed by atoms with Crippen LogP contribution in [0, 0.1) is 5.82 Å². The van der Waals surface area contributed by atoms with E-state index in [1.54, 1.807) is 6.08 Å². The summed E-state index contributed by atoms with van der Waals surface area (Å²) in [6.07, 6.45) is 1.68. The molecule has 1 N–H and O–H groups in total. The van der Waals surface area contributed by atoms with Gasteiger partial charge in [-0.15, -0.1) is 0 Å². The van der Waals surface area contributed by atoms with Crippen LogP contribution in [0.5, 0.6) is 5.75 Å². The van der Waals surface area contributed by atoms with Gasteiger partial charge < -0.3 is 10.1 Å². The number of hydrogen-bond acceptors (Lipinski definition) is 2. The molecule has 0 aromatic heterocycles. The first-order valence-electron chi connectivity index (χ1n) is 6.32. The van der Waals surface area contributed by atoms with Crippen molar-refractivity contribution in [2.45, 2.75) is 6.54 Å². The van der Waals surface area contributed by atoms with Crippen LogP contribution in [0.2, 0.25) is 10.0 Å². The van der Waals surface area contributed by atoms with Gasteiger partial charge in [-0.2, -0.15) is 0 Å². The van der Waals surface area contributed by atoms with Gasteiger partial charge in [-0.25, -0.2) is 4.39 Å². The van der Waals surface area contributed by atoms with Crippen LogP contribution in [-0.2, 0) is 6.54 Å². The second kappa shape index (κ2) is 7.34. The summed E-state index contributed by atoms with van der Waals surface area (Å²) in [4.78, 5) is 0. The standard InChI is InChI=1S/C16H14Cl2FNO/c1-2-7-21-15-6-4-3-5-11(15)10-20-16-13(17)8-12(19)9-14(16)18/h2-6,8-9,20H,1,7,10H2. The summed E-state index contributed by atoms with van der Waals surface area (Å²) in [7, 11) is 0. The largest absolute Gasteiger partial charge is 0.489 e. The fourth-order valence-electron chi connectivity index (χ4n) is 1.83. The van der Waals surface area contributed by atoms with Crippen molar-refractivity contribution < 1.29 is 9.13 Å². The van der Waals surface area contributed by atoms with Gasteiger partial charge in [0.15, 0.2) is 0 Å². The van der Waals surface area contributed by atoms with Crippen LogP contribution in [0.15, 0.2) is 49.1 Å². The molecule has 0 atom stereocenters. The van der Waals surface area contributed by atoms with Crippen LogP contribution in [0.1, 0.15) is 5.56 Å². The predicted molar refractivity (Wildman–Crippen MR) is 85.9 cm³/mol. The molecule has 2 rings (SSSR count). The second-order valence-electron chi connectivity index (χ2n) is 4.31. The van der Waals surface area contributed by atoms with Gasteiger partial charge in [-0.3, -0.25) is 0 Å². The summed E-state index contributed by atoms with van der Waals surface area (Å²) >= 11 is 12.0. The third-order valence-electron chi connectivity index (χ3n) is 2.79. The maximum Gasteiger partial charge on any atom is 0.126 e. The van der Waals surface area contributed by atoms with Crippen molar-refractivity contribution in [3.05, 3.63) is 70.5 Å². The summed E-state index contributed by atoms with van der Waals surface area (Å²) in [5, 5.41) is 3.59. The first kappa shape index (κ1) is 15.7. The molecule has 0 amide bonds. The van der Waals surface area contributed by atoms with Crippen molar-refractivity contribution >= 4 is 28.9 Å². The van der Waals surface area contributed by atoms with Gasteiger partial charge in [0.2, 0.25) is 0 Å². The lowest BCUT2D eigenvalue weighted by Crippen LogP contribution is -2.04. The van der Waals surface area contributed by atoms with E-state index in [0.29, 0.717) is 18.8 Å². The first-order valence-corrected chi connectivity index (χ1v) is 7.07. The summed E-state index contributed by atoms with van der Waals surface area (Å²) in [6.45, 7) is 4.50. The minimum Gasteiger partial charge on any atom is -0.489 e. The monoisotopic (exact) mass is 325 g/mol. The Morgan fingerprint density at radius 3 is 2.52 bits per heavy atom. The SMILES string of the molecule is C=CCOc1ccccc1CNc1c(Cl)cc(F)cc1Cl. The van der Waals surface area contributed by atoms with Gasteiger partial charge in [0.1, 0.15) is 18.2 Å². The number of rotatable bonds is 6. The second-order valence-corrected chi connectivity index (χ2v) is 5.12. The summed E-state index contributed by atoms with van der Waals surface area (Å²) in [5.41, 5.74) is 1.44. The fourth-order valence-corrected chi connectivity index (χ4v) is 2.43. The molecule has 5 heteroatoms. The molecule has 0 bridgehead atoms. The maximum atomic E-state index is 13.1. The first-order chi connectivity index (χ1) is 10.1. The van der Waals surface area contributed by atoms with Gasteiger partial charge in [-0.1, -0.05) is 54.1 Å². The highest BCUT2D eigenvalue weighted by molar-refractivity contribution is 6.39. The van der Waals surface area contributed by atoms with Gasteiger partial charge in [-0.05, 0) is 18.2 Å². The number of anilines is 1. The van der Waals surface area contributed by atoms with Crippen molar-refractivity contribution in [1.29, 1.82) is 0 Å². The van der Waals surface area contributed by atoms with E-state index in [1.807, 2.05) is 24.3 Å². The average molecular weight is 326 g/mol. The maximum absolute atomic E-state index is 13.1. The van der Waals surface area contributed by atoms with E-state index in [2.05, 4.69) is 11.9 Å². The summed E-state index contributed by atoms with van der Waals surface area (Å²) in [5.74, 6) is 0.282. The quantitative estimate of drug-likeness (QED) is 0.727. The lowest BCUT2D eigenvalue weighted by atomic mass is 10.2. The fraction of sp³-hybridized carbons (Fsp3) is 0.125. The number of benzene rings is 2. The molecule has 0 aliphatic rings. The normalized spacial score (nSPS) is 10.2. The van der Waals surface area contributed by atoms with Crippen LogP contribution in [0.25, 0.3) is 0 Å². The number of hydrogen-bond donors (Lipinski definition) is 1. The molecule has 0 radical (unpaired) electrons.